The van der Waals surface area contributed by atoms with Gasteiger partial charge in [0.25, 0.3) is 5.91 Å². The standard InChI is InChI=1S/C7H8N2O/c1-9-3-2-5-6(9)4-8-7(5)10/h2-3H,4H2,1H3,(H,8,10). The molecule has 2 rings (SSSR count). The van der Waals surface area contributed by atoms with Crippen LogP contribution in [0.2, 0.25) is 0 Å². The minimum absolute atomic E-state index is 0.0515. The van der Waals surface area contributed by atoms with Crippen molar-refractivity contribution in [1.82, 2.24) is 9.88 Å². The van der Waals surface area contributed by atoms with Gasteiger partial charge in [0.15, 0.2) is 0 Å². The fourth-order valence-electron chi connectivity index (χ4n) is 1.25. The lowest BCUT2D eigenvalue weighted by Gasteiger charge is -1.94. The van der Waals surface area contributed by atoms with Crippen LogP contribution in [0.3, 0.4) is 0 Å². The van der Waals surface area contributed by atoms with E-state index in [0.717, 1.165) is 11.3 Å². The van der Waals surface area contributed by atoms with Crippen LogP contribution in [0, 0.1) is 0 Å². The Hall–Kier alpha value is -1.25. The van der Waals surface area contributed by atoms with Gasteiger partial charge in [0, 0.05) is 18.9 Å². The van der Waals surface area contributed by atoms with Crippen LogP contribution in [0.5, 0.6) is 0 Å². The minimum Gasteiger partial charge on any atom is -0.352 e. The maximum atomic E-state index is 11.0. The molecule has 0 aromatic carbocycles. The second-order valence-corrected chi connectivity index (χ2v) is 2.47. The molecule has 0 aliphatic carbocycles. The van der Waals surface area contributed by atoms with Crippen molar-refractivity contribution in [3.8, 4) is 0 Å². The zero-order valence-corrected chi connectivity index (χ0v) is 5.72. The number of carbonyl (C=O) groups is 1. The molecule has 1 aliphatic heterocycles. The summed E-state index contributed by atoms with van der Waals surface area (Å²) in [6, 6.07) is 1.84. The SMILES string of the molecule is Cn1ccc2c1CNC2=O. The highest BCUT2D eigenvalue weighted by molar-refractivity contribution is 5.97. The molecule has 2 heterocycles. The summed E-state index contributed by atoms with van der Waals surface area (Å²) >= 11 is 0. The fourth-order valence-corrected chi connectivity index (χ4v) is 1.25. The molecule has 3 heteroatoms. The number of fused-ring (bicyclic) bond motifs is 1. The lowest BCUT2D eigenvalue weighted by Crippen LogP contribution is -2.13. The number of hydrogen-bond donors (Lipinski definition) is 1. The molecule has 52 valence electrons. The molecule has 1 amide bonds. The normalized spacial score (nSPS) is 15.1. The smallest absolute Gasteiger partial charge is 0.253 e. The molecule has 0 unspecified atom stereocenters. The van der Waals surface area contributed by atoms with Crippen molar-refractivity contribution < 1.29 is 4.79 Å². The number of carbonyl (C=O) groups excluding carboxylic acids is 1. The Bertz CT molecular complexity index is 288. The Labute approximate surface area is 58.7 Å². The number of aryl methyl sites for hydroxylation is 1. The van der Waals surface area contributed by atoms with Gasteiger partial charge in [0.2, 0.25) is 0 Å². The predicted molar refractivity (Wildman–Crippen MR) is 36.6 cm³/mol. The van der Waals surface area contributed by atoms with Crippen molar-refractivity contribution in [2.24, 2.45) is 7.05 Å². The van der Waals surface area contributed by atoms with E-state index in [4.69, 9.17) is 0 Å². The van der Waals surface area contributed by atoms with E-state index in [0.29, 0.717) is 6.54 Å². The Balaban J connectivity index is 2.63. The molecule has 0 saturated heterocycles. The van der Waals surface area contributed by atoms with E-state index in [1.54, 1.807) is 0 Å². The third-order valence-corrected chi connectivity index (χ3v) is 1.86. The summed E-state index contributed by atoms with van der Waals surface area (Å²) in [7, 11) is 1.94. The first-order chi connectivity index (χ1) is 4.79. The highest BCUT2D eigenvalue weighted by Crippen LogP contribution is 2.14. The van der Waals surface area contributed by atoms with Crippen LogP contribution in [-0.2, 0) is 13.6 Å². The summed E-state index contributed by atoms with van der Waals surface area (Å²) in [6.07, 6.45) is 1.91. The van der Waals surface area contributed by atoms with E-state index in [9.17, 15) is 4.79 Å². The van der Waals surface area contributed by atoms with Crippen LogP contribution in [-0.4, -0.2) is 10.5 Å². The zero-order valence-electron chi connectivity index (χ0n) is 5.72. The summed E-state index contributed by atoms with van der Waals surface area (Å²) in [5, 5.41) is 2.75. The van der Waals surface area contributed by atoms with E-state index in [1.807, 2.05) is 23.9 Å². The lowest BCUT2D eigenvalue weighted by molar-refractivity contribution is 0.0966. The van der Waals surface area contributed by atoms with Gasteiger partial charge < -0.3 is 9.88 Å². The Morgan fingerprint density at radius 1 is 1.70 bits per heavy atom. The third kappa shape index (κ3) is 0.518. The molecule has 0 spiro atoms. The maximum absolute atomic E-state index is 11.0. The summed E-state index contributed by atoms with van der Waals surface area (Å²) in [6.45, 7) is 0.678. The van der Waals surface area contributed by atoms with Crippen LogP contribution >= 0.6 is 0 Å². The van der Waals surface area contributed by atoms with Gasteiger partial charge in [-0.1, -0.05) is 0 Å². The second kappa shape index (κ2) is 1.62. The van der Waals surface area contributed by atoms with Gasteiger partial charge in [-0.2, -0.15) is 0 Å². The number of nitrogens with zero attached hydrogens (tertiary/aromatic N) is 1. The summed E-state index contributed by atoms with van der Waals surface area (Å²) in [5.74, 6) is 0.0515. The first-order valence-corrected chi connectivity index (χ1v) is 3.21. The van der Waals surface area contributed by atoms with Gasteiger partial charge in [-0.15, -0.1) is 0 Å². The molecule has 1 aromatic rings. The van der Waals surface area contributed by atoms with Crippen molar-refractivity contribution in [3.05, 3.63) is 23.5 Å². The Morgan fingerprint density at radius 2 is 2.50 bits per heavy atom. The molecular weight excluding hydrogens is 128 g/mol. The predicted octanol–water partition coefficient (Wildman–Crippen LogP) is 0.269. The number of rotatable bonds is 0. The Morgan fingerprint density at radius 3 is 3.20 bits per heavy atom. The number of aromatic nitrogens is 1. The Kier molecular flexibility index (Phi) is 0.897. The van der Waals surface area contributed by atoms with E-state index < -0.39 is 0 Å². The highest BCUT2D eigenvalue weighted by Gasteiger charge is 2.20. The first kappa shape index (κ1) is 5.53. The first-order valence-electron chi connectivity index (χ1n) is 3.21. The average molecular weight is 136 g/mol. The second-order valence-electron chi connectivity index (χ2n) is 2.47. The van der Waals surface area contributed by atoms with E-state index >= 15 is 0 Å². The minimum atomic E-state index is 0.0515. The number of hydrogen-bond acceptors (Lipinski definition) is 1. The molecule has 0 fully saturated rings. The lowest BCUT2D eigenvalue weighted by atomic mass is 10.3. The van der Waals surface area contributed by atoms with Gasteiger partial charge in [0.05, 0.1) is 12.1 Å². The van der Waals surface area contributed by atoms with Gasteiger partial charge in [-0.05, 0) is 6.07 Å². The highest BCUT2D eigenvalue weighted by atomic mass is 16.1. The quantitative estimate of drug-likeness (QED) is 0.545. The van der Waals surface area contributed by atoms with E-state index in [-0.39, 0.29) is 5.91 Å². The van der Waals surface area contributed by atoms with Crippen LogP contribution in [0.25, 0.3) is 0 Å². The summed E-state index contributed by atoms with van der Waals surface area (Å²) < 4.78 is 1.97. The molecular formula is C7H8N2O. The number of amides is 1. The van der Waals surface area contributed by atoms with Gasteiger partial charge in [-0.3, -0.25) is 4.79 Å². The van der Waals surface area contributed by atoms with Crippen LogP contribution < -0.4 is 5.32 Å². The zero-order chi connectivity index (χ0) is 7.14. The van der Waals surface area contributed by atoms with Crippen molar-refractivity contribution in [2.45, 2.75) is 6.54 Å². The van der Waals surface area contributed by atoms with Crippen molar-refractivity contribution >= 4 is 5.91 Å². The van der Waals surface area contributed by atoms with Crippen molar-refractivity contribution in [2.75, 3.05) is 0 Å². The monoisotopic (exact) mass is 136 g/mol. The van der Waals surface area contributed by atoms with E-state index in [2.05, 4.69) is 5.32 Å². The summed E-state index contributed by atoms with van der Waals surface area (Å²) in [4.78, 5) is 11.0. The molecule has 0 atom stereocenters. The van der Waals surface area contributed by atoms with Crippen molar-refractivity contribution in [1.29, 1.82) is 0 Å². The van der Waals surface area contributed by atoms with Crippen LogP contribution in [0.4, 0.5) is 0 Å². The number of nitrogens with one attached hydrogen (secondary N) is 1. The molecule has 10 heavy (non-hydrogen) atoms. The van der Waals surface area contributed by atoms with Crippen molar-refractivity contribution in [3.63, 3.8) is 0 Å². The molecule has 1 N–H and O–H groups in total. The van der Waals surface area contributed by atoms with Gasteiger partial charge in [0.1, 0.15) is 0 Å². The van der Waals surface area contributed by atoms with E-state index in [1.165, 1.54) is 0 Å². The molecule has 3 nitrogen and oxygen atoms in total. The topological polar surface area (TPSA) is 34.0 Å². The molecule has 1 aliphatic rings. The molecule has 1 aromatic heterocycles. The average Bonchev–Trinajstić information content (AvgIpc) is 2.41. The summed E-state index contributed by atoms with van der Waals surface area (Å²) in [5.41, 5.74) is 1.91. The van der Waals surface area contributed by atoms with Gasteiger partial charge in [-0.25, -0.2) is 0 Å². The molecule has 0 bridgehead atoms. The van der Waals surface area contributed by atoms with Crippen LogP contribution in [0.15, 0.2) is 12.3 Å². The van der Waals surface area contributed by atoms with Crippen LogP contribution in [0.1, 0.15) is 16.1 Å². The van der Waals surface area contributed by atoms with Gasteiger partial charge >= 0.3 is 0 Å². The maximum Gasteiger partial charge on any atom is 0.253 e. The third-order valence-electron chi connectivity index (χ3n) is 1.86. The fraction of sp³-hybridized carbons (Fsp3) is 0.286. The molecule has 0 radical (unpaired) electrons. The molecule has 0 saturated carbocycles. The largest absolute Gasteiger partial charge is 0.352 e.